The molecule has 1 fully saturated rings. The number of phenols is 1. The molecule has 1 heteroatoms. The molecule has 0 heterocycles. The number of fused-ring (bicyclic) bond motifs is 1. The maximum Gasteiger partial charge on any atom is 0.115 e. The third kappa shape index (κ3) is 0.987. The maximum atomic E-state index is 9.49. The summed E-state index contributed by atoms with van der Waals surface area (Å²) in [6.45, 7) is 4.63. The van der Waals surface area contributed by atoms with Crippen LogP contribution in [0.15, 0.2) is 18.2 Å². The molecule has 1 aromatic rings. The Bertz CT molecular complexity index is 406. The van der Waals surface area contributed by atoms with Crippen LogP contribution in [0.1, 0.15) is 50.2 Å². The van der Waals surface area contributed by atoms with E-state index in [4.69, 9.17) is 0 Å². The summed E-state index contributed by atoms with van der Waals surface area (Å²) < 4.78 is 0. The summed E-state index contributed by atoms with van der Waals surface area (Å²) in [5, 5.41) is 9.49. The fourth-order valence-electron chi connectivity index (χ4n) is 3.72. The van der Waals surface area contributed by atoms with Crippen LogP contribution in [0, 0.1) is 5.92 Å². The molecule has 2 aliphatic rings. The van der Waals surface area contributed by atoms with Crippen molar-refractivity contribution in [3.63, 3.8) is 0 Å². The van der Waals surface area contributed by atoms with E-state index in [1.807, 2.05) is 12.1 Å². The van der Waals surface area contributed by atoms with Gasteiger partial charge in [-0.25, -0.2) is 0 Å². The van der Waals surface area contributed by atoms with Crippen molar-refractivity contribution in [2.24, 2.45) is 5.92 Å². The van der Waals surface area contributed by atoms with Crippen molar-refractivity contribution in [1.29, 1.82) is 0 Å². The molecule has 80 valence electrons. The number of rotatable bonds is 2. The fraction of sp³-hybridized carbons (Fsp3) is 0.571. The van der Waals surface area contributed by atoms with Crippen LogP contribution in [0.25, 0.3) is 0 Å². The molecule has 0 aromatic heterocycles. The number of aromatic hydroxyl groups is 1. The number of benzene rings is 1. The van der Waals surface area contributed by atoms with E-state index in [1.54, 1.807) is 0 Å². The van der Waals surface area contributed by atoms with Crippen LogP contribution in [-0.2, 0) is 5.41 Å². The Morgan fingerprint density at radius 1 is 1.40 bits per heavy atom. The summed E-state index contributed by atoms with van der Waals surface area (Å²) in [6, 6.07) is 5.94. The molecule has 1 nitrogen and oxygen atoms in total. The summed E-state index contributed by atoms with van der Waals surface area (Å²) in [6.07, 6.45) is 4.05. The van der Waals surface area contributed by atoms with Gasteiger partial charge in [-0.2, -0.15) is 0 Å². The van der Waals surface area contributed by atoms with Crippen LogP contribution in [0.3, 0.4) is 0 Å². The van der Waals surface area contributed by atoms with Gasteiger partial charge in [0.25, 0.3) is 0 Å². The van der Waals surface area contributed by atoms with Crippen molar-refractivity contribution in [3.8, 4) is 5.75 Å². The van der Waals surface area contributed by atoms with Gasteiger partial charge in [0.05, 0.1) is 0 Å². The Labute approximate surface area is 91.1 Å². The summed E-state index contributed by atoms with van der Waals surface area (Å²) >= 11 is 0. The lowest BCUT2D eigenvalue weighted by Crippen LogP contribution is -2.43. The second kappa shape index (κ2) is 2.78. The maximum absolute atomic E-state index is 9.49. The summed E-state index contributed by atoms with van der Waals surface area (Å²) in [7, 11) is 0. The summed E-state index contributed by atoms with van der Waals surface area (Å²) in [5.74, 6) is 1.97. The molecule has 2 atom stereocenters. The molecular weight excluding hydrogens is 184 g/mol. The fourth-order valence-corrected chi connectivity index (χ4v) is 3.72. The molecule has 2 unspecified atom stereocenters. The van der Waals surface area contributed by atoms with Crippen molar-refractivity contribution in [3.05, 3.63) is 29.3 Å². The Balaban J connectivity index is 2.10. The molecule has 0 saturated heterocycles. The molecule has 0 spiro atoms. The minimum atomic E-state index is 0.418. The highest BCUT2D eigenvalue weighted by Crippen LogP contribution is 2.64. The molecule has 0 amide bonds. The van der Waals surface area contributed by atoms with E-state index in [9.17, 15) is 5.11 Å². The average molecular weight is 202 g/mol. The zero-order chi connectivity index (χ0) is 10.6. The van der Waals surface area contributed by atoms with Gasteiger partial charge in [0.1, 0.15) is 5.75 Å². The first-order valence-corrected chi connectivity index (χ1v) is 6.03. The predicted molar refractivity (Wildman–Crippen MR) is 61.2 cm³/mol. The van der Waals surface area contributed by atoms with Gasteiger partial charge in [-0.1, -0.05) is 19.9 Å². The third-order valence-electron chi connectivity index (χ3n) is 4.67. The second-order valence-electron chi connectivity index (χ2n) is 5.16. The van der Waals surface area contributed by atoms with Crippen molar-refractivity contribution in [1.82, 2.24) is 0 Å². The average Bonchev–Trinajstić information content (AvgIpc) is 3.05. The Hall–Kier alpha value is -0.980. The van der Waals surface area contributed by atoms with Crippen LogP contribution >= 0.6 is 0 Å². The minimum absolute atomic E-state index is 0.418. The first-order chi connectivity index (χ1) is 7.20. The Kier molecular flexibility index (Phi) is 1.72. The van der Waals surface area contributed by atoms with Crippen LogP contribution in [0.2, 0.25) is 0 Å². The lowest BCUT2D eigenvalue weighted by atomic mass is 9.53. The van der Waals surface area contributed by atoms with Gasteiger partial charge in [0, 0.05) is 5.41 Å². The minimum Gasteiger partial charge on any atom is -0.508 e. The molecule has 0 bridgehead atoms. The second-order valence-corrected chi connectivity index (χ2v) is 5.16. The van der Waals surface area contributed by atoms with E-state index < -0.39 is 0 Å². The van der Waals surface area contributed by atoms with Gasteiger partial charge >= 0.3 is 0 Å². The van der Waals surface area contributed by atoms with Crippen LogP contribution in [0.4, 0.5) is 0 Å². The number of phenolic OH excluding ortho intramolecular Hbond substituents is 1. The normalized spacial score (nSPS) is 33.3. The third-order valence-corrected chi connectivity index (χ3v) is 4.67. The van der Waals surface area contributed by atoms with Crippen molar-refractivity contribution in [2.75, 3.05) is 0 Å². The largest absolute Gasteiger partial charge is 0.508 e. The van der Waals surface area contributed by atoms with E-state index in [2.05, 4.69) is 19.9 Å². The van der Waals surface area contributed by atoms with E-state index in [1.165, 1.54) is 30.4 Å². The molecule has 0 radical (unpaired) electrons. The van der Waals surface area contributed by atoms with Gasteiger partial charge in [0.15, 0.2) is 0 Å². The van der Waals surface area contributed by atoms with Crippen molar-refractivity contribution in [2.45, 2.75) is 44.4 Å². The predicted octanol–water partition coefficient (Wildman–Crippen LogP) is 3.57. The van der Waals surface area contributed by atoms with Crippen molar-refractivity contribution < 1.29 is 5.11 Å². The number of hydrogen-bond acceptors (Lipinski definition) is 1. The van der Waals surface area contributed by atoms with E-state index in [-0.39, 0.29) is 0 Å². The highest BCUT2D eigenvalue weighted by Gasteiger charge is 2.56. The highest BCUT2D eigenvalue weighted by atomic mass is 16.3. The molecular formula is C14H18O. The van der Waals surface area contributed by atoms with Gasteiger partial charge in [-0.15, -0.1) is 0 Å². The van der Waals surface area contributed by atoms with E-state index >= 15 is 0 Å². The zero-order valence-electron chi connectivity index (χ0n) is 9.46. The lowest BCUT2D eigenvalue weighted by molar-refractivity contribution is 0.248. The lowest BCUT2D eigenvalue weighted by Gasteiger charge is -2.50. The molecule has 0 aliphatic heterocycles. The molecule has 1 saturated carbocycles. The molecule has 3 rings (SSSR count). The Morgan fingerprint density at radius 2 is 2.13 bits per heavy atom. The summed E-state index contributed by atoms with van der Waals surface area (Å²) in [4.78, 5) is 0. The SMILES string of the molecule is CCC1(C2CC2)c2ccc(O)cc2C1C. The van der Waals surface area contributed by atoms with Gasteiger partial charge in [0.2, 0.25) is 0 Å². The van der Waals surface area contributed by atoms with Gasteiger partial charge in [-0.3, -0.25) is 0 Å². The standard InChI is InChI=1S/C14H18O/c1-3-14(10-4-5-10)9(2)12-8-11(15)6-7-13(12)14/h6-10,15H,3-5H2,1-2H3. The monoisotopic (exact) mass is 202 g/mol. The van der Waals surface area contributed by atoms with Crippen LogP contribution < -0.4 is 0 Å². The zero-order valence-corrected chi connectivity index (χ0v) is 9.46. The van der Waals surface area contributed by atoms with Crippen LogP contribution in [-0.4, -0.2) is 5.11 Å². The molecule has 2 aliphatic carbocycles. The van der Waals surface area contributed by atoms with Crippen molar-refractivity contribution >= 4 is 0 Å². The molecule has 1 N–H and O–H groups in total. The number of hydrogen-bond donors (Lipinski definition) is 1. The van der Waals surface area contributed by atoms with Gasteiger partial charge < -0.3 is 5.11 Å². The molecule has 1 aromatic carbocycles. The highest BCUT2D eigenvalue weighted by molar-refractivity contribution is 5.53. The van der Waals surface area contributed by atoms with Gasteiger partial charge in [-0.05, 0) is 54.4 Å². The summed E-state index contributed by atoms with van der Waals surface area (Å²) in [5.41, 5.74) is 3.34. The first kappa shape index (κ1) is 9.26. The first-order valence-electron chi connectivity index (χ1n) is 6.03. The van der Waals surface area contributed by atoms with E-state index in [0.29, 0.717) is 17.1 Å². The van der Waals surface area contributed by atoms with Crippen LogP contribution in [0.5, 0.6) is 5.75 Å². The molecule has 15 heavy (non-hydrogen) atoms. The Morgan fingerprint density at radius 3 is 2.73 bits per heavy atom. The topological polar surface area (TPSA) is 20.2 Å². The smallest absolute Gasteiger partial charge is 0.115 e. The van der Waals surface area contributed by atoms with E-state index in [0.717, 1.165) is 5.92 Å². The quantitative estimate of drug-likeness (QED) is 0.777.